The summed E-state index contributed by atoms with van der Waals surface area (Å²) >= 11 is 1.75. The molecule has 0 saturated heterocycles. The average molecular weight is 256 g/mol. The highest BCUT2D eigenvalue weighted by molar-refractivity contribution is 7.10. The SMILES string of the molecule is CN1Cc2ccsc2C2c3ccccc3C(=O)N21. The molecule has 1 amide bonds. The highest BCUT2D eigenvalue weighted by Gasteiger charge is 2.43. The summed E-state index contributed by atoms with van der Waals surface area (Å²) in [5, 5.41) is 6.04. The van der Waals surface area contributed by atoms with Crippen molar-refractivity contribution in [3.05, 3.63) is 57.3 Å². The van der Waals surface area contributed by atoms with Crippen LogP contribution in [0.25, 0.3) is 0 Å². The average Bonchev–Trinajstić information content (AvgIpc) is 2.94. The van der Waals surface area contributed by atoms with E-state index in [1.807, 2.05) is 35.3 Å². The Labute approximate surface area is 109 Å². The van der Waals surface area contributed by atoms with E-state index in [4.69, 9.17) is 0 Å². The van der Waals surface area contributed by atoms with Crippen molar-refractivity contribution >= 4 is 17.2 Å². The van der Waals surface area contributed by atoms with Crippen molar-refractivity contribution < 1.29 is 4.79 Å². The number of rotatable bonds is 0. The van der Waals surface area contributed by atoms with Gasteiger partial charge in [-0.25, -0.2) is 5.01 Å². The molecule has 1 atom stereocenters. The molecular formula is C14H12N2OS. The third-order valence-corrected chi connectivity index (χ3v) is 4.75. The topological polar surface area (TPSA) is 23.6 Å². The van der Waals surface area contributed by atoms with Gasteiger partial charge < -0.3 is 0 Å². The van der Waals surface area contributed by atoms with Crippen molar-refractivity contribution in [3.63, 3.8) is 0 Å². The van der Waals surface area contributed by atoms with Gasteiger partial charge in [0.15, 0.2) is 0 Å². The van der Waals surface area contributed by atoms with E-state index < -0.39 is 0 Å². The molecule has 3 nitrogen and oxygen atoms in total. The zero-order chi connectivity index (χ0) is 12.3. The first-order chi connectivity index (χ1) is 8.77. The molecule has 2 aromatic rings. The van der Waals surface area contributed by atoms with Gasteiger partial charge in [-0.2, -0.15) is 0 Å². The van der Waals surface area contributed by atoms with Crippen LogP contribution in [0, 0.1) is 0 Å². The predicted molar refractivity (Wildman–Crippen MR) is 70.2 cm³/mol. The van der Waals surface area contributed by atoms with E-state index in [1.54, 1.807) is 11.3 Å². The minimum absolute atomic E-state index is 0.0856. The Bertz CT molecular complexity index is 649. The molecule has 2 aliphatic heterocycles. The summed E-state index contributed by atoms with van der Waals surface area (Å²) in [4.78, 5) is 13.8. The van der Waals surface area contributed by atoms with Gasteiger partial charge in [0.05, 0.1) is 0 Å². The lowest BCUT2D eigenvalue weighted by Crippen LogP contribution is -2.45. The van der Waals surface area contributed by atoms with Gasteiger partial charge in [-0.1, -0.05) is 18.2 Å². The Morgan fingerprint density at radius 3 is 3.00 bits per heavy atom. The van der Waals surface area contributed by atoms with Crippen LogP contribution >= 0.6 is 11.3 Å². The van der Waals surface area contributed by atoms with Crippen LogP contribution in [0.4, 0.5) is 0 Å². The smallest absolute Gasteiger partial charge is 0.268 e. The van der Waals surface area contributed by atoms with Crippen molar-refractivity contribution in [2.24, 2.45) is 0 Å². The monoisotopic (exact) mass is 256 g/mol. The Hall–Kier alpha value is -1.65. The van der Waals surface area contributed by atoms with Crippen LogP contribution in [-0.4, -0.2) is 23.0 Å². The number of hydrogen-bond acceptors (Lipinski definition) is 3. The maximum atomic E-state index is 12.5. The number of hydrogen-bond donors (Lipinski definition) is 0. The molecule has 90 valence electrons. The summed E-state index contributed by atoms with van der Waals surface area (Å²) in [7, 11) is 1.98. The van der Waals surface area contributed by atoms with Gasteiger partial charge in [0.2, 0.25) is 0 Å². The van der Waals surface area contributed by atoms with Crippen molar-refractivity contribution in [2.75, 3.05) is 7.05 Å². The summed E-state index contributed by atoms with van der Waals surface area (Å²) in [6.45, 7) is 0.815. The second-order valence-electron chi connectivity index (χ2n) is 4.77. The number of thiophene rings is 1. The Kier molecular flexibility index (Phi) is 1.96. The van der Waals surface area contributed by atoms with E-state index in [0.717, 1.165) is 17.7 Å². The van der Waals surface area contributed by atoms with Crippen LogP contribution in [0.1, 0.15) is 32.4 Å². The maximum absolute atomic E-state index is 12.5. The number of hydrazine groups is 1. The summed E-state index contributed by atoms with van der Waals surface area (Å²) in [6.07, 6.45) is 0. The molecule has 4 rings (SSSR count). The summed E-state index contributed by atoms with van der Waals surface area (Å²) in [5.41, 5.74) is 3.32. The van der Waals surface area contributed by atoms with Gasteiger partial charge in [0.1, 0.15) is 6.04 Å². The van der Waals surface area contributed by atoms with E-state index in [2.05, 4.69) is 17.5 Å². The molecule has 0 radical (unpaired) electrons. The standard InChI is InChI=1S/C14H12N2OS/c1-15-8-9-6-7-18-13(9)12-10-4-2-3-5-11(10)14(17)16(12)15/h2-7,12H,8H2,1H3. The van der Waals surface area contributed by atoms with E-state index in [-0.39, 0.29) is 11.9 Å². The summed E-state index contributed by atoms with van der Waals surface area (Å²) in [5.74, 6) is 0.122. The third kappa shape index (κ3) is 1.14. The minimum Gasteiger partial charge on any atom is -0.268 e. The molecule has 0 saturated carbocycles. The number of amides is 1. The first-order valence-electron chi connectivity index (χ1n) is 5.97. The van der Waals surface area contributed by atoms with Crippen LogP contribution in [0.15, 0.2) is 35.7 Å². The highest BCUT2D eigenvalue weighted by Crippen LogP contribution is 2.45. The van der Waals surface area contributed by atoms with Crippen LogP contribution in [-0.2, 0) is 6.54 Å². The van der Waals surface area contributed by atoms with Gasteiger partial charge >= 0.3 is 0 Å². The lowest BCUT2D eigenvalue weighted by atomic mass is 10.0. The molecule has 1 unspecified atom stereocenters. The van der Waals surface area contributed by atoms with E-state index in [9.17, 15) is 4.79 Å². The van der Waals surface area contributed by atoms with Gasteiger partial charge in [0, 0.05) is 24.0 Å². The number of nitrogens with zero attached hydrogens (tertiary/aromatic N) is 2. The quantitative estimate of drug-likeness (QED) is 0.723. The first kappa shape index (κ1) is 10.3. The molecular weight excluding hydrogens is 244 g/mol. The Balaban J connectivity index is 1.99. The second-order valence-corrected chi connectivity index (χ2v) is 5.71. The lowest BCUT2D eigenvalue weighted by Gasteiger charge is -2.37. The third-order valence-electron chi connectivity index (χ3n) is 3.73. The number of benzene rings is 1. The maximum Gasteiger partial charge on any atom is 0.269 e. The molecule has 0 fully saturated rings. The zero-order valence-electron chi connectivity index (χ0n) is 9.96. The van der Waals surface area contributed by atoms with Crippen LogP contribution in [0.3, 0.4) is 0 Å². The van der Waals surface area contributed by atoms with E-state index in [0.29, 0.717) is 0 Å². The summed E-state index contributed by atoms with van der Waals surface area (Å²) in [6, 6.07) is 10.2. The van der Waals surface area contributed by atoms with Gasteiger partial charge in [-0.3, -0.25) is 9.80 Å². The molecule has 4 heteroatoms. The van der Waals surface area contributed by atoms with Crippen LogP contribution in [0.2, 0.25) is 0 Å². The van der Waals surface area contributed by atoms with Gasteiger partial charge in [-0.15, -0.1) is 11.3 Å². The van der Waals surface area contributed by atoms with E-state index >= 15 is 0 Å². The Morgan fingerprint density at radius 1 is 1.28 bits per heavy atom. The minimum atomic E-state index is 0.0856. The number of carbonyl (C=O) groups is 1. The molecule has 1 aromatic carbocycles. The van der Waals surface area contributed by atoms with Crippen molar-refractivity contribution in [2.45, 2.75) is 12.6 Å². The first-order valence-corrected chi connectivity index (χ1v) is 6.85. The van der Waals surface area contributed by atoms with Crippen molar-refractivity contribution in [1.82, 2.24) is 10.0 Å². The van der Waals surface area contributed by atoms with Crippen LogP contribution < -0.4 is 0 Å². The fourth-order valence-electron chi connectivity index (χ4n) is 2.95. The predicted octanol–water partition coefficient (Wildman–Crippen LogP) is 2.65. The second kappa shape index (κ2) is 3.43. The molecule has 0 bridgehead atoms. The Morgan fingerprint density at radius 2 is 2.11 bits per heavy atom. The van der Waals surface area contributed by atoms with E-state index in [1.165, 1.54) is 10.4 Å². The molecule has 18 heavy (non-hydrogen) atoms. The normalized spacial score (nSPS) is 21.7. The van der Waals surface area contributed by atoms with Crippen LogP contribution in [0.5, 0.6) is 0 Å². The van der Waals surface area contributed by atoms with Crippen molar-refractivity contribution in [1.29, 1.82) is 0 Å². The number of fused-ring (bicyclic) bond motifs is 5. The molecule has 0 N–H and O–H groups in total. The van der Waals surface area contributed by atoms with Crippen molar-refractivity contribution in [3.8, 4) is 0 Å². The lowest BCUT2D eigenvalue weighted by molar-refractivity contribution is -0.0171. The highest BCUT2D eigenvalue weighted by atomic mass is 32.1. The van der Waals surface area contributed by atoms with Gasteiger partial charge in [-0.05, 0) is 28.6 Å². The fourth-order valence-corrected chi connectivity index (χ4v) is 3.97. The zero-order valence-corrected chi connectivity index (χ0v) is 10.8. The molecule has 2 aliphatic rings. The molecule has 0 spiro atoms. The summed E-state index contributed by atoms with van der Waals surface area (Å²) < 4.78 is 0. The molecule has 1 aromatic heterocycles. The van der Waals surface area contributed by atoms with Gasteiger partial charge in [0.25, 0.3) is 5.91 Å². The molecule has 0 aliphatic carbocycles. The molecule has 3 heterocycles. The fraction of sp³-hybridized carbons (Fsp3) is 0.214. The number of carbonyl (C=O) groups excluding carboxylic acids is 1. The largest absolute Gasteiger partial charge is 0.269 e.